The van der Waals surface area contributed by atoms with Crippen LogP contribution in [-0.4, -0.2) is 9.97 Å². The maximum atomic E-state index is 5.49. The van der Waals surface area contributed by atoms with Crippen LogP contribution in [0.25, 0.3) is 0 Å². The summed E-state index contributed by atoms with van der Waals surface area (Å²) in [5.41, 5.74) is 0.823. The summed E-state index contributed by atoms with van der Waals surface area (Å²) in [5.74, 6) is 1.15. The highest BCUT2D eigenvalue weighted by molar-refractivity contribution is 6.16. The number of halogens is 1. The SMILES string of the molecule is Cc1n[c]cc(CCl)n1. The van der Waals surface area contributed by atoms with Gasteiger partial charge in [-0.15, -0.1) is 11.6 Å². The number of nitrogens with zero attached hydrogens (tertiary/aromatic N) is 2. The molecule has 0 aliphatic rings. The molecule has 1 aromatic rings. The fourth-order valence-corrected chi connectivity index (χ4v) is 0.671. The Labute approximate surface area is 58.9 Å². The fraction of sp³-hybridized carbons (Fsp3) is 0.333. The highest BCUT2D eigenvalue weighted by Crippen LogP contribution is 1.96. The molecule has 0 bridgehead atoms. The molecule has 9 heavy (non-hydrogen) atoms. The Balaban J connectivity index is 2.94. The molecule has 0 spiro atoms. The van der Waals surface area contributed by atoms with E-state index < -0.39 is 0 Å². The van der Waals surface area contributed by atoms with Crippen LogP contribution in [0.5, 0.6) is 0 Å². The predicted octanol–water partition coefficient (Wildman–Crippen LogP) is 1.32. The van der Waals surface area contributed by atoms with Gasteiger partial charge < -0.3 is 0 Å². The molecule has 0 saturated heterocycles. The van der Waals surface area contributed by atoms with Crippen molar-refractivity contribution >= 4 is 11.6 Å². The molecule has 0 aromatic carbocycles. The highest BCUT2D eigenvalue weighted by Gasteiger charge is 1.90. The third kappa shape index (κ3) is 1.64. The first-order valence-corrected chi connectivity index (χ1v) is 3.13. The zero-order valence-corrected chi connectivity index (χ0v) is 5.81. The van der Waals surface area contributed by atoms with Gasteiger partial charge in [-0.2, -0.15) is 0 Å². The van der Waals surface area contributed by atoms with E-state index in [-0.39, 0.29) is 0 Å². The van der Waals surface area contributed by atoms with Crippen molar-refractivity contribution in [3.05, 3.63) is 23.8 Å². The van der Waals surface area contributed by atoms with Crippen molar-refractivity contribution in [2.75, 3.05) is 0 Å². The van der Waals surface area contributed by atoms with Crippen LogP contribution in [0.2, 0.25) is 0 Å². The lowest BCUT2D eigenvalue weighted by Crippen LogP contribution is -1.90. The average Bonchev–Trinajstić information content (AvgIpc) is 1.88. The smallest absolute Gasteiger partial charge is 0.126 e. The molecule has 0 aliphatic carbocycles. The third-order valence-corrected chi connectivity index (χ3v) is 1.17. The molecular weight excluding hydrogens is 136 g/mol. The Morgan fingerprint density at radius 1 is 1.78 bits per heavy atom. The van der Waals surface area contributed by atoms with E-state index in [0.717, 1.165) is 5.69 Å². The number of rotatable bonds is 1. The zero-order chi connectivity index (χ0) is 6.69. The van der Waals surface area contributed by atoms with Crippen LogP contribution in [0.4, 0.5) is 0 Å². The second-order valence-electron chi connectivity index (χ2n) is 1.67. The molecule has 0 N–H and O–H groups in total. The van der Waals surface area contributed by atoms with E-state index in [1.807, 2.05) is 6.92 Å². The summed E-state index contributed by atoms with van der Waals surface area (Å²) in [7, 11) is 0. The van der Waals surface area contributed by atoms with E-state index >= 15 is 0 Å². The number of hydrogen-bond donors (Lipinski definition) is 0. The maximum absolute atomic E-state index is 5.49. The summed E-state index contributed by atoms with van der Waals surface area (Å²) in [6, 6.07) is 1.68. The van der Waals surface area contributed by atoms with Crippen molar-refractivity contribution in [3.8, 4) is 0 Å². The van der Waals surface area contributed by atoms with Gasteiger partial charge in [0, 0.05) is 0 Å². The molecule has 1 aromatic heterocycles. The van der Waals surface area contributed by atoms with E-state index in [2.05, 4.69) is 16.2 Å². The maximum Gasteiger partial charge on any atom is 0.126 e. The monoisotopic (exact) mass is 141 g/mol. The van der Waals surface area contributed by atoms with Crippen LogP contribution >= 0.6 is 11.6 Å². The first-order chi connectivity index (χ1) is 4.33. The normalized spacial score (nSPS) is 9.56. The van der Waals surface area contributed by atoms with E-state index in [0.29, 0.717) is 11.7 Å². The summed E-state index contributed by atoms with van der Waals surface area (Å²) in [6.45, 7) is 1.81. The van der Waals surface area contributed by atoms with Crippen molar-refractivity contribution in [1.82, 2.24) is 9.97 Å². The molecular formula is C6H6ClN2. The lowest BCUT2D eigenvalue weighted by molar-refractivity contribution is 0.995. The molecule has 1 heterocycles. The Morgan fingerprint density at radius 2 is 2.56 bits per heavy atom. The van der Waals surface area contributed by atoms with Gasteiger partial charge in [0.1, 0.15) is 5.82 Å². The second kappa shape index (κ2) is 2.78. The van der Waals surface area contributed by atoms with E-state index in [1.165, 1.54) is 0 Å². The fourth-order valence-electron chi connectivity index (χ4n) is 0.534. The minimum Gasteiger partial charge on any atom is -0.237 e. The molecule has 0 atom stereocenters. The van der Waals surface area contributed by atoms with Crippen LogP contribution < -0.4 is 0 Å². The van der Waals surface area contributed by atoms with Gasteiger partial charge in [-0.1, -0.05) is 0 Å². The Kier molecular flexibility index (Phi) is 2.01. The van der Waals surface area contributed by atoms with Crippen molar-refractivity contribution in [3.63, 3.8) is 0 Å². The largest absolute Gasteiger partial charge is 0.237 e. The van der Waals surface area contributed by atoms with Crippen LogP contribution in [0.1, 0.15) is 11.5 Å². The van der Waals surface area contributed by atoms with Crippen molar-refractivity contribution in [2.24, 2.45) is 0 Å². The van der Waals surface area contributed by atoms with Gasteiger partial charge in [-0.25, -0.2) is 9.97 Å². The van der Waals surface area contributed by atoms with Crippen LogP contribution in [-0.2, 0) is 5.88 Å². The molecule has 2 nitrogen and oxygen atoms in total. The van der Waals surface area contributed by atoms with Crippen LogP contribution in [0, 0.1) is 13.1 Å². The number of aryl methyl sites for hydroxylation is 1. The first kappa shape index (κ1) is 6.49. The molecule has 47 valence electrons. The molecule has 0 aliphatic heterocycles. The van der Waals surface area contributed by atoms with Gasteiger partial charge in [0.05, 0.1) is 17.8 Å². The van der Waals surface area contributed by atoms with Gasteiger partial charge in [-0.05, 0) is 13.0 Å². The number of alkyl halides is 1. The lowest BCUT2D eigenvalue weighted by atomic mass is 10.4. The number of aromatic nitrogens is 2. The zero-order valence-electron chi connectivity index (χ0n) is 5.06. The Morgan fingerprint density at radius 3 is 3.00 bits per heavy atom. The summed E-state index contributed by atoms with van der Waals surface area (Å²) in [6.07, 6.45) is 2.68. The first-order valence-electron chi connectivity index (χ1n) is 2.59. The summed E-state index contributed by atoms with van der Waals surface area (Å²) in [5, 5.41) is 0. The van der Waals surface area contributed by atoms with Crippen molar-refractivity contribution < 1.29 is 0 Å². The minimum atomic E-state index is 0.430. The highest BCUT2D eigenvalue weighted by atomic mass is 35.5. The Hall–Kier alpha value is -0.630. The molecule has 0 unspecified atom stereocenters. The van der Waals surface area contributed by atoms with E-state index in [4.69, 9.17) is 11.6 Å². The molecule has 0 saturated carbocycles. The second-order valence-corrected chi connectivity index (χ2v) is 1.94. The summed E-state index contributed by atoms with van der Waals surface area (Å²) >= 11 is 5.49. The van der Waals surface area contributed by atoms with Crippen LogP contribution in [0.3, 0.4) is 0 Å². The van der Waals surface area contributed by atoms with E-state index in [9.17, 15) is 0 Å². The predicted molar refractivity (Wildman–Crippen MR) is 35.2 cm³/mol. The molecule has 0 fully saturated rings. The van der Waals surface area contributed by atoms with Crippen molar-refractivity contribution in [2.45, 2.75) is 12.8 Å². The summed E-state index contributed by atoms with van der Waals surface area (Å²) in [4.78, 5) is 7.81. The van der Waals surface area contributed by atoms with Gasteiger partial charge in [-0.3, -0.25) is 0 Å². The minimum absolute atomic E-state index is 0.430. The van der Waals surface area contributed by atoms with E-state index in [1.54, 1.807) is 6.07 Å². The molecule has 1 radical (unpaired) electrons. The topological polar surface area (TPSA) is 25.8 Å². The van der Waals surface area contributed by atoms with Gasteiger partial charge in [0.15, 0.2) is 0 Å². The summed E-state index contributed by atoms with van der Waals surface area (Å²) < 4.78 is 0. The number of hydrogen-bond acceptors (Lipinski definition) is 2. The average molecular weight is 142 g/mol. The van der Waals surface area contributed by atoms with Crippen LogP contribution in [0.15, 0.2) is 6.07 Å². The lowest BCUT2D eigenvalue weighted by Gasteiger charge is -1.91. The van der Waals surface area contributed by atoms with Crippen molar-refractivity contribution in [1.29, 1.82) is 0 Å². The van der Waals surface area contributed by atoms with Gasteiger partial charge in [0.25, 0.3) is 0 Å². The molecule has 3 heteroatoms. The molecule has 1 rings (SSSR count). The standard InChI is InChI=1S/C6H6ClN2/c1-5-8-3-2-6(4-7)9-5/h2H,4H2,1H3. The molecule has 0 amide bonds. The quantitative estimate of drug-likeness (QED) is 0.552. The van der Waals surface area contributed by atoms with Gasteiger partial charge in [0.2, 0.25) is 0 Å². The third-order valence-electron chi connectivity index (χ3n) is 0.900. The Bertz CT molecular complexity index is 200. The van der Waals surface area contributed by atoms with Gasteiger partial charge >= 0.3 is 0 Å².